The average molecular weight is 289 g/mol. The van der Waals surface area contributed by atoms with Crippen molar-refractivity contribution >= 4 is 0 Å². The molecule has 1 aromatic rings. The van der Waals surface area contributed by atoms with E-state index in [1.54, 1.807) is 0 Å². The fraction of sp³-hybridized carbons (Fsp3) is 0.647. The lowest BCUT2D eigenvalue weighted by Gasteiger charge is -2.28. The van der Waals surface area contributed by atoms with Gasteiger partial charge in [0.15, 0.2) is 11.5 Å². The predicted molar refractivity (Wildman–Crippen MR) is 79.9 cm³/mol. The lowest BCUT2D eigenvalue weighted by molar-refractivity contribution is 0.161. The molecule has 4 rings (SSSR count). The third kappa shape index (κ3) is 2.74. The Labute approximate surface area is 126 Å². The van der Waals surface area contributed by atoms with Crippen molar-refractivity contribution in [2.24, 2.45) is 5.92 Å². The van der Waals surface area contributed by atoms with Crippen molar-refractivity contribution < 1.29 is 14.2 Å². The van der Waals surface area contributed by atoms with Gasteiger partial charge < -0.3 is 14.2 Å². The number of fused-ring (bicyclic) bond motifs is 1. The fourth-order valence-corrected chi connectivity index (χ4v) is 3.75. The molecule has 0 spiro atoms. The molecule has 3 heterocycles. The summed E-state index contributed by atoms with van der Waals surface area (Å²) in [5, 5.41) is 0. The van der Waals surface area contributed by atoms with Gasteiger partial charge in [-0.15, -0.1) is 0 Å². The van der Waals surface area contributed by atoms with E-state index < -0.39 is 0 Å². The maximum absolute atomic E-state index is 5.73. The molecule has 0 amide bonds. The van der Waals surface area contributed by atoms with Crippen molar-refractivity contribution in [3.05, 3.63) is 23.8 Å². The van der Waals surface area contributed by atoms with Crippen LogP contribution in [0, 0.1) is 5.92 Å². The number of hydrogen-bond donors (Lipinski definition) is 0. The Morgan fingerprint density at radius 2 is 1.95 bits per heavy atom. The fourth-order valence-electron chi connectivity index (χ4n) is 3.75. The Morgan fingerprint density at radius 3 is 2.81 bits per heavy atom. The SMILES string of the molecule is c1cc2c(cc1[C@@H]1CCCN1C[C@H]1CCOC1)OCCO2. The van der Waals surface area contributed by atoms with Crippen LogP contribution in [0.2, 0.25) is 0 Å². The second kappa shape index (κ2) is 5.85. The Morgan fingerprint density at radius 1 is 1.05 bits per heavy atom. The largest absolute Gasteiger partial charge is 0.486 e. The predicted octanol–water partition coefficient (Wildman–Crippen LogP) is 2.63. The summed E-state index contributed by atoms with van der Waals surface area (Å²) < 4.78 is 16.9. The van der Waals surface area contributed by atoms with Gasteiger partial charge in [0, 0.05) is 19.2 Å². The van der Waals surface area contributed by atoms with Crippen LogP contribution >= 0.6 is 0 Å². The first-order valence-corrected chi connectivity index (χ1v) is 8.11. The lowest BCUT2D eigenvalue weighted by atomic mass is 10.0. The molecule has 0 aliphatic carbocycles. The molecule has 2 atom stereocenters. The molecule has 0 radical (unpaired) electrons. The molecule has 3 aliphatic rings. The zero-order chi connectivity index (χ0) is 14.1. The molecule has 0 unspecified atom stereocenters. The van der Waals surface area contributed by atoms with E-state index in [1.807, 2.05) is 0 Å². The standard InChI is InChI=1S/C17H23NO3/c1-2-15(18(6-1)11-13-5-7-19-12-13)14-3-4-16-17(10-14)21-9-8-20-16/h3-4,10,13,15H,1-2,5-9,11-12H2/t13-,15+/m1/s1. The van der Waals surface area contributed by atoms with Gasteiger partial charge in [0.25, 0.3) is 0 Å². The minimum atomic E-state index is 0.529. The summed E-state index contributed by atoms with van der Waals surface area (Å²) in [6.45, 7) is 5.56. The molecule has 4 nitrogen and oxygen atoms in total. The number of ether oxygens (including phenoxy) is 3. The summed E-state index contributed by atoms with van der Waals surface area (Å²) in [6.07, 6.45) is 3.74. The first kappa shape index (κ1) is 13.4. The van der Waals surface area contributed by atoms with Crippen LogP contribution in [0.3, 0.4) is 0 Å². The Kier molecular flexibility index (Phi) is 3.74. The van der Waals surface area contributed by atoms with Crippen LogP contribution in [-0.2, 0) is 4.74 Å². The molecule has 0 N–H and O–H groups in total. The van der Waals surface area contributed by atoms with Crippen LogP contribution < -0.4 is 9.47 Å². The van der Waals surface area contributed by atoms with Crippen molar-refractivity contribution in [3.63, 3.8) is 0 Å². The summed E-state index contributed by atoms with van der Waals surface area (Å²) in [5.41, 5.74) is 1.37. The molecule has 0 bridgehead atoms. The molecule has 114 valence electrons. The monoisotopic (exact) mass is 289 g/mol. The Balaban J connectivity index is 1.51. The van der Waals surface area contributed by atoms with Crippen molar-refractivity contribution in [2.45, 2.75) is 25.3 Å². The van der Waals surface area contributed by atoms with E-state index in [1.165, 1.54) is 37.9 Å². The van der Waals surface area contributed by atoms with Gasteiger partial charge in [-0.2, -0.15) is 0 Å². The molecular formula is C17H23NO3. The van der Waals surface area contributed by atoms with Gasteiger partial charge in [-0.3, -0.25) is 4.90 Å². The smallest absolute Gasteiger partial charge is 0.161 e. The van der Waals surface area contributed by atoms with Gasteiger partial charge in [-0.1, -0.05) is 6.07 Å². The molecule has 1 aromatic carbocycles. The van der Waals surface area contributed by atoms with Crippen LogP contribution in [0.25, 0.3) is 0 Å². The number of benzene rings is 1. The molecule has 2 fully saturated rings. The van der Waals surface area contributed by atoms with Gasteiger partial charge in [0.2, 0.25) is 0 Å². The van der Waals surface area contributed by atoms with E-state index in [-0.39, 0.29) is 0 Å². The van der Waals surface area contributed by atoms with Crippen molar-refractivity contribution in [1.82, 2.24) is 4.90 Å². The first-order chi connectivity index (χ1) is 10.4. The highest BCUT2D eigenvalue weighted by Gasteiger charge is 2.30. The average Bonchev–Trinajstić information content (AvgIpc) is 3.19. The van der Waals surface area contributed by atoms with E-state index in [0.717, 1.165) is 24.7 Å². The summed E-state index contributed by atoms with van der Waals surface area (Å²) in [6, 6.07) is 6.99. The maximum Gasteiger partial charge on any atom is 0.161 e. The molecule has 0 aromatic heterocycles. The zero-order valence-electron chi connectivity index (χ0n) is 12.4. The number of likely N-dealkylation sites (tertiary alicyclic amines) is 1. The third-order valence-corrected chi connectivity index (χ3v) is 4.83. The van der Waals surface area contributed by atoms with Gasteiger partial charge in [0.05, 0.1) is 6.61 Å². The second-order valence-electron chi connectivity index (χ2n) is 6.29. The minimum Gasteiger partial charge on any atom is -0.486 e. The summed E-state index contributed by atoms with van der Waals surface area (Å²) in [4.78, 5) is 2.63. The molecule has 2 saturated heterocycles. The molecule has 0 saturated carbocycles. The van der Waals surface area contributed by atoms with Crippen molar-refractivity contribution in [3.8, 4) is 11.5 Å². The maximum atomic E-state index is 5.73. The second-order valence-corrected chi connectivity index (χ2v) is 6.29. The van der Waals surface area contributed by atoms with Gasteiger partial charge >= 0.3 is 0 Å². The van der Waals surface area contributed by atoms with Crippen molar-refractivity contribution in [1.29, 1.82) is 0 Å². The van der Waals surface area contributed by atoms with Crippen LogP contribution in [0.4, 0.5) is 0 Å². The number of rotatable bonds is 3. The van der Waals surface area contributed by atoms with Crippen LogP contribution in [0.5, 0.6) is 11.5 Å². The van der Waals surface area contributed by atoms with E-state index >= 15 is 0 Å². The van der Waals surface area contributed by atoms with E-state index in [4.69, 9.17) is 14.2 Å². The highest BCUT2D eigenvalue weighted by molar-refractivity contribution is 5.44. The summed E-state index contributed by atoms with van der Waals surface area (Å²) in [5.74, 6) is 2.51. The normalized spacial score (nSPS) is 29.0. The van der Waals surface area contributed by atoms with E-state index in [2.05, 4.69) is 23.1 Å². The number of nitrogens with zero attached hydrogens (tertiary/aromatic N) is 1. The molecular weight excluding hydrogens is 266 g/mol. The molecule has 4 heteroatoms. The van der Waals surface area contributed by atoms with Crippen LogP contribution in [0.15, 0.2) is 18.2 Å². The molecule has 21 heavy (non-hydrogen) atoms. The highest BCUT2D eigenvalue weighted by atomic mass is 16.6. The minimum absolute atomic E-state index is 0.529. The van der Waals surface area contributed by atoms with E-state index in [9.17, 15) is 0 Å². The highest BCUT2D eigenvalue weighted by Crippen LogP contribution is 2.38. The number of hydrogen-bond acceptors (Lipinski definition) is 4. The van der Waals surface area contributed by atoms with E-state index in [0.29, 0.717) is 25.2 Å². The van der Waals surface area contributed by atoms with Gasteiger partial charge in [-0.05, 0) is 49.4 Å². The van der Waals surface area contributed by atoms with Crippen molar-refractivity contribution in [2.75, 3.05) is 39.5 Å². The summed E-state index contributed by atoms with van der Waals surface area (Å²) >= 11 is 0. The quantitative estimate of drug-likeness (QED) is 0.856. The summed E-state index contributed by atoms with van der Waals surface area (Å²) in [7, 11) is 0. The first-order valence-electron chi connectivity index (χ1n) is 8.11. The Bertz CT molecular complexity index is 499. The zero-order valence-corrected chi connectivity index (χ0v) is 12.4. The topological polar surface area (TPSA) is 30.9 Å². The van der Waals surface area contributed by atoms with Gasteiger partial charge in [0.1, 0.15) is 13.2 Å². The van der Waals surface area contributed by atoms with Crippen LogP contribution in [0.1, 0.15) is 30.9 Å². The lowest BCUT2D eigenvalue weighted by Crippen LogP contribution is -2.29. The molecule has 3 aliphatic heterocycles. The van der Waals surface area contributed by atoms with Gasteiger partial charge in [-0.25, -0.2) is 0 Å². The third-order valence-electron chi connectivity index (χ3n) is 4.83. The van der Waals surface area contributed by atoms with Crippen LogP contribution in [-0.4, -0.2) is 44.4 Å². The Hall–Kier alpha value is -1.26.